The van der Waals surface area contributed by atoms with Crippen molar-refractivity contribution < 1.29 is 13.2 Å². The van der Waals surface area contributed by atoms with Crippen molar-refractivity contribution in [2.75, 3.05) is 5.73 Å². The Morgan fingerprint density at radius 2 is 1.86 bits per heavy atom. The maximum atomic E-state index is 12.8. The number of fused-ring (bicyclic) bond motifs is 1. The summed E-state index contributed by atoms with van der Waals surface area (Å²) >= 11 is 5.81. The highest BCUT2D eigenvalue weighted by Gasteiger charge is 2.31. The van der Waals surface area contributed by atoms with Crippen LogP contribution in [0.2, 0.25) is 5.02 Å². The number of nitrogen functional groups attached to an aromatic ring is 1. The molecule has 0 spiro atoms. The molecule has 0 atom stereocenters. The molecule has 108 valence electrons. The highest BCUT2D eigenvalue weighted by Crippen LogP contribution is 2.31. The summed E-state index contributed by atoms with van der Waals surface area (Å²) in [7, 11) is 0. The van der Waals surface area contributed by atoms with Gasteiger partial charge >= 0.3 is 6.18 Å². The van der Waals surface area contributed by atoms with Crippen LogP contribution in [0.4, 0.5) is 18.9 Å². The Hall–Kier alpha value is -2.28. The van der Waals surface area contributed by atoms with Crippen molar-refractivity contribution in [2.24, 2.45) is 0 Å². The van der Waals surface area contributed by atoms with Gasteiger partial charge in [-0.05, 0) is 30.3 Å². The Morgan fingerprint density at radius 3 is 2.52 bits per heavy atom. The fraction of sp³-hybridized carbons (Fsp3) is 0.0769. The SMILES string of the molecule is Nc1cc(Cl)ccc1-c1nnc2ccc(C(F)(F)F)cn12. The summed E-state index contributed by atoms with van der Waals surface area (Å²) in [5.74, 6) is 0.227. The minimum atomic E-state index is -4.44. The maximum Gasteiger partial charge on any atom is 0.417 e. The van der Waals surface area contributed by atoms with Gasteiger partial charge in [-0.3, -0.25) is 4.40 Å². The lowest BCUT2D eigenvalue weighted by Gasteiger charge is -2.08. The average Bonchev–Trinajstić information content (AvgIpc) is 2.80. The van der Waals surface area contributed by atoms with Crippen LogP contribution in [0.25, 0.3) is 17.0 Å². The highest BCUT2D eigenvalue weighted by atomic mass is 35.5. The molecule has 0 unspecified atom stereocenters. The highest BCUT2D eigenvalue weighted by molar-refractivity contribution is 6.31. The van der Waals surface area contributed by atoms with Crippen LogP contribution < -0.4 is 5.73 Å². The molecule has 2 aromatic heterocycles. The van der Waals surface area contributed by atoms with Crippen LogP contribution in [0.3, 0.4) is 0 Å². The van der Waals surface area contributed by atoms with E-state index in [1.165, 1.54) is 16.5 Å². The van der Waals surface area contributed by atoms with Gasteiger partial charge in [-0.2, -0.15) is 13.2 Å². The van der Waals surface area contributed by atoms with Gasteiger partial charge in [0.15, 0.2) is 11.5 Å². The molecule has 4 nitrogen and oxygen atoms in total. The minimum absolute atomic E-state index is 0.227. The van der Waals surface area contributed by atoms with Crippen molar-refractivity contribution >= 4 is 22.9 Å². The lowest BCUT2D eigenvalue weighted by molar-refractivity contribution is -0.137. The summed E-state index contributed by atoms with van der Waals surface area (Å²) in [5, 5.41) is 8.17. The van der Waals surface area contributed by atoms with E-state index >= 15 is 0 Å². The Kier molecular flexibility index (Phi) is 3.02. The second kappa shape index (κ2) is 4.63. The third-order valence-corrected chi connectivity index (χ3v) is 3.22. The molecule has 0 saturated heterocycles. The van der Waals surface area contributed by atoms with Gasteiger partial charge < -0.3 is 5.73 Å². The molecule has 0 radical (unpaired) electrons. The minimum Gasteiger partial charge on any atom is -0.398 e. The summed E-state index contributed by atoms with van der Waals surface area (Å²) in [6.45, 7) is 0. The number of nitrogens with zero attached hydrogens (tertiary/aromatic N) is 3. The fourth-order valence-corrected chi connectivity index (χ4v) is 2.16. The Balaban J connectivity index is 2.23. The molecular weight excluding hydrogens is 305 g/mol. The van der Waals surface area contributed by atoms with E-state index in [4.69, 9.17) is 17.3 Å². The van der Waals surface area contributed by atoms with Gasteiger partial charge in [0.05, 0.1) is 5.56 Å². The van der Waals surface area contributed by atoms with Crippen molar-refractivity contribution in [3.8, 4) is 11.4 Å². The molecule has 0 aliphatic carbocycles. The molecule has 0 saturated carbocycles. The molecule has 2 heterocycles. The van der Waals surface area contributed by atoms with E-state index < -0.39 is 11.7 Å². The first-order valence-corrected chi connectivity index (χ1v) is 6.21. The summed E-state index contributed by atoms with van der Waals surface area (Å²) < 4.78 is 39.6. The van der Waals surface area contributed by atoms with Crippen LogP contribution in [0.1, 0.15) is 5.56 Å². The van der Waals surface area contributed by atoms with Gasteiger partial charge in [-0.25, -0.2) is 0 Å². The normalized spacial score (nSPS) is 12.0. The van der Waals surface area contributed by atoms with E-state index in [9.17, 15) is 13.2 Å². The van der Waals surface area contributed by atoms with Crippen LogP contribution in [0.5, 0.6) is 0 Å². The summed E-state index contributed by atoms with van der Waals surface area (Å²) in [6.07, 6.45) is -3.50. The largest absolute Gasteiger partial charge is 0.417 e. The number of pyridine rings is 1. The zero-order valence-corrected chi connectivity index (χ0v) is 11.2. The van der Waals surface area contributed by atoms with Crippen LogP contribution in [0, 0.1) is 0 Å². The summed E-state index contributed by atoms with van der Waals surface area (Å²) in [6, 6.07) is 6.90. The maximum absolute atomic E-state index is 12.8. The third kappa shape index (κ3) is 2.40. The van der Waals surface area contributed by atoms with Gasteiger partial charge in [0.2, 0.25) is 0 Å². The molecule has 3 aromatic rings. The monoisotopic (exact) mass is 312 g/mol. The molecule has 0 amide bonds. The van der Waals surface area contributed by atoms with E-state index in [-0.39, 0.29) is 5.82 Å². The van der Waals surface area contributed by atoms with Gasteiger partial charge in [0, 0.05) is 22.5 Å². The second-order valence-electron chi connectivity index (χ2n) is 4.40. The zero-order valence-electron chi connectivity index (χ0n) is 10.4. The second-order valence-corrected chi connectivity index (χ2v) is 4.84. The standard InChI is InChI=1S/C13H8ClF3N4/c14-8-2-3-9(10(18)5-8)12-20-19-11-4-1-7(6-21(11)12)13(15,16)17/h1-6H,18H2. The number of nitrogens with two attached hydrogens (primary N) is 1. The van der Waals surface area contributed by atoms with E-state index in [0.29, 0.717) is 21.9 Å². The predicted octanol–water partition coefficient (Wildman–Crippen LogP) is 3.65. The molecule has 0 bridgehead atoms. The Bertz CT molecular complexity index is 826. The fourth-order valence-electron chi connectivity index (χ4n) is 1.98. The van der Waals surface area contributed by atoms with E-state index in [1.54, 1.807) is 12.1 Å². The topological polar surface area (TPSA) is 56.2 Å². The van der Waals surface area contributed by atoms with Gasteiger partial charge in [0.1, 0.15) is 0 Å². The van der Waals surface area contributed by atoms with E-state index in [1.807, 2.05) is 0 Å². The number of halogens is 4. The molecule has 21 heavy (non-hydrogen) atoms. The number of benzene rings is 1. The van der Waals surface area contributed by atoms with E-state index in [0.717, 1.165) is 12.3 Å². The molecule has 0 fully saturated rings. The van der Waals surface area contributed by atoms with Gasteiger partial charge in [0.25, 0.3) is 0 Å². The quantitative estimate of drug-likeness (QED) is 0.698. The first-order valence-electron chi connectivity index (χ1n) is 5.83. The van der Waals surface area contributed by atoms with Crippen LogP contribution in [-0.4, -0.2) is 14.6 Å². The molecule has 0 aliphatic rings. The van der Waals surface area contributed by atoms with Crippen LogP contribution >= 0.6 is 11.6 Å². The summed E-state index contributed by atoms with van der Waals surface area (Å²) in [5.41, 5.74) is 6.13. The molecule has 0 aliphatic heterocycles. The van der Waals surface area contributed by atoms with Gasteiger partial charge in [-0.15, -0.1) is 10.2 Å². The van der Waals surface area contributed by atoms with Gasteiger partial charge in [-0.1, -0.05) is 11.6 Å². The number of rotatable bonds is 1. The average molecular weight is 313 g/mol. The molecule has 2 N–H and O–H groups in total. The lowest BCUT2D eigenvalue weighted by atomic mass is 10.1. The summed E-state index contributed by atoms with van der Waals surface area (Å²) in [4.78, 5) is 0. The Morgan fingerprint density at radius 1 is 1.10 bits per heavy atom. The van der Waals surface area contributed by atoms with Crippen molar-refractivity contribution in [2.45, 2.75) is 6.18 Å². The molecule has 1 aromatic carbocycles. The Labute approximate surface area is 122 Å². The first-order chi connectivity index (χ1) is 9.86. The van der Waals surface area contributed by atoms with Crippen molar-refractivity contribution in [1.29, 1.82) is 0 Å². The van der Waals surface area contributed by atoms with E-state index in [2.05, 4.69) is 10.2 Å². The molecule has 8 heteroatoms. The predicted molar refractivity (Wildman–Crippen MR) is 72.8 cm³/mol. The third-order valence-electron chi connectivity index (χ3n) is 2.98. The van der Waals surface area contributed by atoms with Crippen molar-refractivity contribution in [3.63, 3.8) is 0 Å². The molecule has 3 rings (SSSR count). The number of hydrogen-bond acceptors (Lipinski definition) is 3. The first kappa shape index (κ1) is 13.7. The lowest BCUT2D eigenvalue weighted by Crippen LogP contribution is -2.06. The van der Waals surface area contributed by atoms with Crippen molar-refractivity contribution in [1.82, 2.24) is 14.6 Å². The number of alkyl halides is 3. The van der Waals surface area contributed by atoms with Crippen LogP contribution in [0.15, 0.2) is 36.5 Å². The number of anilines is 1. The number of aromatic nitrogens is 3. The number of hydrogen-bond donors (Lipinski definition) is 1. The molecular formula is C13H8ClF3N4. The van der Waals surface area contributed by atoms with Crippen molar-refractivity contribution in [3.05, 3.63) is 47.1 Å². The van der Waals surface area contributed by atoms with Crippen LogP contribution in [-0.2, 0) is 6.18 Å². The smallest absolute Gasteiger partial charge is 0.398 e. The zero-order chi connectivity index (χ0) is 15.2.